The molecular weight excluding hydrogens is 376 g/mol. The van der Waals surface area contributed by atoms with Crippen LogP contribution >= 0.6 is 0 Å². The van der Waals surface area contributed by atoms with Crippen LogP contribution in [-0.2, 0) is 4.79 Å². The molecule has 0 saturated carbocycles. The van der Waals surface area contributed by atoms with Crippen LogP contribution in [0, 0.1) is 6.92 Å². The highest BCUT2D eigenvalue weighted by Crippen LogP contribution is 2.20. The Bertz CT molecular complexity index is 1180. The second-order valence-corrected chi connectivity index (χ2v) is 7.59. The second kappa shape index (κ2) is 8.37. The molecule has 0 aliphatic rings. The normalized spacial score (nSPS) is 11.1. The largest absolute Gasteiger partial charge is 0.484 e. The minimum atomic E-state index is -0.229. The van der Waals surface area contributed by atoms with Gasteiger partial charge < -0.3 is 10.1 Å². The van der Waals surface area contributed by atoms with Crippen molar-refractivity contribution >= 4 is 22.6 Å². The summed E-state index contributed by atoms with van der Waals surface area (Å²) in [6.07, 6.45) is 0. The van der Waals surface area contributed by atoms with Crippen LogP contribution in [0.15, 0.2) is 66.7 Å². The lowest BCUT2D eigenvalue weighted by Gasteiger charge is -2.08. The highest BCUT2D eigenvalue weighted by molar-refractivity contribution is 5.93. The van der Waals surface area contributed by atoms with E-state index in [2.05, 4.69) is 41.5 Å². The Kier molecular flexibility index (Phi) is 5.48. The van der Waals surface area contributed by atoms with Crippen molar-refractivity contribution in [2.24, 2.45) is 0 Å². The number of fused-ring (bicyclic) bond motifs is 1. The molecule has 0 radical (unpaired) electrons. The number of amides is 1. The number of rotatable bonds is 6. The summed E-state index contributed by atoms with van der Waals surface area (Å²) < 4.78 is 5.55. The average Bonchev–Trinajstić information content (AvgIpc) is 3.16. The molecule has 0 fully saturated rings. The standard InChI is InChI=1S/C24H24N4O2/c1-16(2)18-7-10-20(11-8-18)28-26-22-12-9-19(14-23(22)27-28)25-24(29)15-30-21-6-4-5-17(3)13-21/h4-14,16H,15H2,1-3H3,(H,25,29). The van der Waals surface area contributed by atoms with Crippen molar-refractivity contribution in [2.75, 3.05) is 11.9 Å². The molecule has 0 aliphatic heterocycles. The summed E-state index contributed by atoms with van der Waals surface area (Å²) in [4.78, 5) is 13.9. The van der Waals surface area contributed by atoms with Gasteiger partial charge in [-0.15, -0.1) is 10.2 Å². The number of aromatic nitrogens is 3. The topological polar surface area (TPSA) is 69.0 Å². The first-order valence-corrected chi connectivity index (χ1v) is 9.95. The van der Waals surface area contributed by atoms with Gasteiger partial charge in [-0.3, -0.25) is 4.79 Å². The van der Waals surface area contributed by atoms with E-state index in [0.717, 1.165) is 16.8 Å². The Morgan fingerprint density at radius 2 is 1.77 bits per heavy atom. The van der Waals surface area contributed by atoms with Gasteiger partial charge in [-0.2, -0.15) is 4.80 Å². The van der Waals surface area contributed by atoms with Crippen molar-refractivity contribution < 1.29 is 9.53 Å². The first-order valence-electron chi connectivity index (χ1n) is 9.95. The highest BCUT2D eigenvalue weighted by atomic mass is 16.5. The Labute approximate surface area is 175 Å². The summed E-state index contributed by atoms with van der Waals surface area (Å²) in [5, 5.41) is 11.9. The second-order valence-electron chi connectivity index (χ2n) is 7.59. The summed E-state index contributed by atoms with van der Waals surface area (Å²) in [6, 6.07) is 21.3. The molecule has 6 nitrogen and oxygen atoms in total. The predicted octanol–water partition coefficient (Wildman–Crippen LogP) is 4.87. The van der Waals surface area contributed by atoms with Crippen LogP contribution in [0.5, 0.6) is 5.75 Å². The van der Waals surface area contributed by atoms with Crippen molar-refractivity contribution in [3.8, 4) is 11.4 Å². The van der Waals surface area contributed by atoms with E-state index in [9.17, 15) is 4.79 Å². The Morgan fingerprint density at radius 3 is 2.50 bits per heavy atom. The Balaban J connectivity index is 1.44. The lowest BCUT2D eigenvalue weighted by molar-refractivity contribution is -0.118. The van der Waals surface area contributed by atoms with Gasteiger partial charge >= 0.3 is 0 Å². The van der Waals surface area contributed by atoms with E-state index in [1.807, 2.05) is 61.5 Å². The third kappa shape index (κ3) is 4.49. The SMILES string of the molecule is Cc1cccc(OCC(=O)Nc2ccc3nn(-c4ccc(C(C)C)cc4)nc3c2)c1. The molecule has 152 valence electrons. The van der Waals surface area contributed by atoms with E-state index in [0.29, 0.717) is 22.9 Å². The molecule has 1 heterocycles. The summed E-state index contributed by atoms with van der Waals surface area (Å²) in [7, 11) is 0. The highest BCUT2D eigenvalue weighted by Gasteiger charge is 2.09. The number of anilines is 1. The minimum absolute atomic E-state index is 0.0591. The maximum absolute atomic E-state index is 12.2. The minimum Gasteiger partial charge on any atom is -0.484 e. The number of carbonyl (C=O) groups excluding carboxylic acids is 1. The van der Waals surface area contributed by atoms with Crippen LogP contribution < -0.4 is 10.1 Å². The van der Waals surface area contributed by atoms with Crippen molar-refractivity contribution in [3.63, 3.8) is 0 Å². The van der Waals surface area contributed by atoms with E-state index in [-0.39, 0.29) is 12.5 Å². The van der Waals surface area contributed by atoms with Crippen LogP contribution in [0.25, 0.3) is 16.7 Å². The molecule has 3 aromatic carbocycles. The molecule has 0 aliphatic carbocycles. The summed E-state index contributed by atoms with van der Waals surface area (Å²) in [5.74, 6) is 0.921. The number of hydrogen-bond acceptors (Lipinski definition) is 4. The zero-order valence-electron chi connectivity index (χ0n) is 17.3. The summed E-state index contributed by atoms with van der Waals surface area (Å²) in [5.41, 5.74) is 5.38. The first kappa shape index (κ1) is 19.6. The molecular formula is C24H24N4O2. The maximum Gasteiger partial charge on any atom is 0.262 e. The molecule has 0 bridgehead atoms. The molecule has 1 aromatic heterocycles. The van der Waals surface area contributed by atoms with Gasteiger partial charge in [-0.1, -0.05) is 38.1 Å². The molecule has 0 saturated heterocycles. The fourth-order valence-electron chi connectivity index (χ4n) is 3.15. The number of hydrogen-bond donors (Lipinski definition) is 1. The number of ether oxygens (including phenoxy) is 1. The molecule has 0 atom stereocenters. The van der Waals surface area contributed by atoms with E-state index in [1.165, 1.54) is 5.56 Å². The van der Waals surface area contributed by atoms with Gasteiger partial charge in [-0.05, 0) is 66.4 Å². The Morgan fingerprint density at radius 1 is 1.00 bits per heavy atom. The van der Waals surface area contributed by atoms with Gasteiger partial charge in [0.15, 0.2) is 6.61 Å². The van der Waals surface area contributed by atoms with Crippen LogP contribution in [0.2, 0.25) is 0 Å². The lowest BCUT2D eigenvalue weighted by atomic mass is 10.0. The van der Waals surface area contributed by atoms with Gasteiger partial charge in [-0.25, -0.2) is 0 Å². The van der Waals surface area contributed by atoms with Crippen molar-refractivity contribution in [2.45, 2.75) is 26.7 Å². The van der Waals surface area contributed by atoms with E-state index < -0.39 is 0 Å². The van der Waals surface area contributed by atoms with Crippen molar-refractivity contribution in [1.82, 2.24) is 15.0 Å². The van der Waals surface area contributed by atoms with E-state index >= 15 is 0 Å². The summed E-state index contributed by atoms with van der Waals surface area (Å²) >= 11 is 0. The molecule has 4 rings (SSSR count). The molecule has 1 N–H and O–H groups in total. The van der Waals surface area contributed by atoms with Crippen LogP contribution in [0.1, 0.15) is 30.9 Å². The zero-order valence-corrected chi connectivity index (χ0v) is 17.3. The van der Waals surface area contributed by atoms with Crippen LogP contribution in [0.4, 0.5) is 5.69 Å². The third-order valence-electron chi connectivity index (χ3n) is 4.81. The van der Waals surface area contributed by atoms with Crippen LogP contribution in [0.3, 0.4) is 0 Å². The zero-order chi connectivity index (χ0) is 21.1. The third-order valence-corrected chi connectivity index (χ3v) is 4.81. The Hall–Kier alpha value is -3.67. The number of aryl methyl sites for hydroxylation is 1. The van der Waals surface area contributed by atoms with E-state index in [1.54, 1.807) is 4.80 Å². The quantitative estimate of drug-likeness (QED) is 0.501. The van der Waals surface area contributed by atoms with Gasteiger partial charge in [0, 0.05) is 5.69 Å². The molecule has 1 amide bonds. The van der Waals surface area contributed by atoms with E-state index in [4.69, 9.17) is 4.74 Å². The van der Waals surface area contributed by atoms with Crippen molar-refractivity contribution in [1.29, 1.82) is 0 Å². The smallest absolute Gasteiger partial charge is 0.262 e. The monoisotopic (exact) mass is 400 g/mol. The average molecular weight is 400 g/mol. The van der Waals surface area contributed by atoms with Crippen molar-refractivity contribution in [3.05, 3.63) is 77.9 Å². The van der Waals surface area contributed by atoms with Crippen LogP contribution in [-0.4, -0.2) is 27.5 Å². The van der Waals surface area contributed by atoms with Gasteiger partial charge in [0.05, 0.1) is 5.69 Å². The number of carbonyl (C=O) groups is 1. The molecule has 6 heteroatoms. The fourth-order valence-corrected chi connectivity index (χ4v) is 3.15. The lowest BCUT2D eigenvalue weighted by Crippen LogP contribution is -2.20. The number of nitrogens with one attached hydrogen (secondary N) is 1. The molecule has 0 unspecified atom stereocenters. The van der Waals surface area contributed by atoms with Gasteiger partial charge in [0.25, 0.3) is 5.91 Å². The fraction of sp³-hybridized carbons (Fsp3) is 0.208. The molecule has 30 heavy (non-hydrogen) atoms. The van der Waals surface area contributed by atoms with Gasteiger partial charge in [0.2, 0.25) is 0 Å². The molecule has 0 spiro atoms. The van der Waals surface area contributed by atoms with Gasteiger partial charge in [0.1, 0.15) is 16.8 Å². The summed E-state index contributed by atoms with van der Waals surface area (Å²) in [6.45, 7) is 6.25. The first-order chi connectivity index (χ1) is 14.5. The maximum atomic E-state index is 12.2. The number of nitrogens with zero attached hydrogens (tertiary/aromatic N) is 3. The number of benzene rings is 3. The predicted molar refractivity (Wildman–Crippen MR) is 118 cm³/mol. The molecule has 4 aromatic rings.